The Hall–Kier alpha value is -1.79. The van der Waals surface area contributed by atoms with E-state index in [4.69, 9.17) is 21.1 Å². The van der Waals surface area contributed by atoms with E-state index < -0.39 is 0 Å². The van der Waals surface area contributed by atoms with Crippen LogP contribution in [0, 0.1) is 0 Å². The third-order valence-corrected chi connectivity index (χ3v) is 3.61. The van der Waals surface area contributed by atoms with Crippen molar-refractivity contribution in [3.05, 3.63) is 51.6 Å². The van der Waals surface area contributed by atoms with Crippen molar-refractivity contribution in [3.63, 3.8) is 0 Å². The first-order valence-corrected chi connectivity index (χ1v) is 7.59. The number of nitrogens with one attached hydrogen (secondary N) is 1. The number of aromatic nitrogens is 1. The van der Waals surface area contributed by atoms with Crippen LogP contribution in [0.2, 0.25) is 5.02 Å². The highest BCUT2D eigenvalue weighted by molar-refractivity contribution is 9.10. The summed E-state index contributed by atoms with van der Waals surface area (Å²) < 4.78 is 11.2. The number of ether oxygens (including phenoxy) is 2. The molecular weight excluding hydrogens is 372 g/mol. The molecule has 1 aromatic carbocycles. The number of hydrogen-bond acceptors (Lipinski definition) is 4. The van der Waals surface area contributed by atoms with Gasteiger partial charge in [0.25, 0.3) is 5.91 Å². The van der Waals surface area contributed by atoms with Crippen LogP contribution >= 0.6 is 27.5 Å². The largest absolute Gasteiger partial charge is 0.483 e. The van der Waals surface area contributed by atoms with Crippen molar-refractivity contribution in [2.75, 3.05) is 13.7 Å². The molecule has 0 spiro atoms. The van der Waals surface area contributed by atoms with E-state index in [0.29, 0.717) is 27.7 Å². The molecule has 0 aliphatic heterocycles. The van der Waals surface area contributed by atoms with E-state index >= 15 is 0 Å². The Balaban J connectivity index is 1.82. The number of nitrogens with zero attached hydrogens (tertiary/aromatic N) is 1. The maximum absolute atomic E-state index is 11.8. The normalized spacial score (nSPS) is 10.1. The third-order valence-electron chi connectivity index (χ3n) is 2.75. The lowest BCUT2D eigenvalue weighted by molar-refractivity contribution is -0.123. The van der Waals surface area contributed by atoms with Crippen molar-refractivity contribution in [2.24, 2.45) is 0 Å². The van der Waals surface area contributed by atoms with Gasteiger partial charge < -0.3 is 14.8 Å². The van der Waals surface area contributed by atoms with Crippen LogP contribution in [0.15, 0.2) is 41.0 Å². The molecule has 0 aliphatic carbocycles. The first kappa shape index (κ1) is 16.6. The van der Waals surface area contributed by atoms with Crippen molar-refractivity contribution in [1.29, 1.82) is 0 Å². The van der Waals surface area contributed by atoms with Crippen LogP contribution < -0.4 is 14.8 Å². The quantitative estimate of drug-likeness (QED) is 0.829. The molecule has 116 valence electrons. The first-order valence-electron chi connectivity index (χ1n) is 6.42. The molecule has 2 aromatic rings. The predicted octanol–water partition coefficient (Wildman–Crippen LogP) is 3.20. The van der Waals surface area contributed by atoms with Gasteiger partial charge in [0.1, 0.15) is 5.75 Å². The molecular formula is C15H14BrClN2O3. The summed E-state index contributed by atoms with van der Waals surface area (Å²) in [4.78, 5) is 15.8. The first-order chi connectivity index (χ1) is 10.6. The lowest BCUT2D eigenvalue weighted by atomic mass is 10.2. The number of pyridine rings is 1. The molecule has 0 radical (unpaired) electrons. The number of benzene rings is 1. The highest BCUT2D eigenvalue weighted by Crippen LogP contribution is 2.27. The van der Waals surface area contributed by atoms with Crippen molar-refractivity contribution >= 4 is 33.4 Å². The summed E-state index contributed by atoms with van der Waals surface area (Å²) in [6, 6.07) is 8.67. The Bertz CT molecular complexity index is 667. The maximum Gasteiger partial charge on any atom is 0.258 e. The minimum Gasteiger partial charge on any atom is -0.483 e. The number of hydrogen-bond donors (Lipinski definition) is 1. The van der Waals surface area contributed by atoms with Crippen LogP contribution in [-0.2, 0) is 11.3 Å². The fourth-order valence-corrected chi connectivity index (χ4v) is 2.46. The van der Waals surface area contributed by atoms with E-state index in [1.807, 2.05) is 0 Å². The van der Waals surface area contributed by atoms with Gasteiger partial charge in [-0.05, 0) is 45.8 Å². The van der Waals surface area contributed by atoms with Gasteiger partial charge in [-0.3, -0.25) is 4.79 Å². The smallest absolute Gasteiger partial charge is 0.258 e. The van der Waals surface area contributed by atoms with Crippen molar-refractivity contribution in [1.82, 2.24) is 10.3 Å². The summed E-state index contributed by atoms with van der Waals surface area (Å²) in [7, 11) is 1.54. The second-order valence-corrected chi connectivity index (χ2v) is 5.64. The Morgan fingerprint density at radius 3 is 2.91 bits per heavy atom. The highest BCUT2D eigenvalue weighted by atomic mass is 79.9. The molecule has 1 heterocycles. The van der Waals surface area contributed by atoms with E-state index in [0.717, 1.165) is 5.56 Å². The van der Waals surface area contributed by atoms with Crippen molar-refractivity contribution in [2.45, 2.75) is 6.54 Å². The molecule has 0 saturated heterocycles. The van der Waals surface area contributed by atoms with E-state index in [-0.39, 0.29) is 12.5 Å². The van der Waals surface area contributed by atoms with Gasteiger partial charge in [0.15, 0.2) is 6.61 Å². The summed E-state index contributed by atoms with van der Waals surface area (Å²) in [6.07, 6.45) is 1.63. The minimum atomic E-state index is -0.224. The zero-order valence-corrected chi connectivity index (χ0v) is 14.1. The second kappa shape index (κ2) is 8.00. The van der Waals surface area contributed by atoms with Gasteiger partial charge in [-0.15, -0.1) is 0 Å². The van der Waals surface area contributed by atoms with Gasteiger partial charge in [-0.25, -0.2) is 4.98 Å². The molecule has 22 heavy (non-hydrogen) atoms. The van der Waals surface area contributed by atoms with Crippen LogP contribution in [0.4, 0.5) is 0 Å². The van der Waals surface area contributed by atoms with E-state index in [2.05, 4.69) is 26.2 Å². The third kappa shape index (κ3) is 4.89. The number of carbonyl (C=O) groups is 1. The number of rotatable bonds is 6. The average molecular weight is 386 g/mol. The van der Waals surface area contributed by atoms with Crippen molar-refractivity contribution < 1.29 is 14.3 Å². The fourth-order valence-electron chi connectivity index (χ4n) is 1.66. The van der Waals surface area contributed by atoms with Crippen LogP contribution in [0.5, 0.6) is 11.6 Å². The molecule has 1 N–H and O–H groups in total. The van der Waals surface area contributed by atoms with E-state index in [1.54, 1.807) is 43.6 Å². The number of halogens is 2. The molecule has 0 atom stereocenters. The highest BCUT2D eigenvalue weighted by Gasteiger charge is 2.06. The zero-order valence-electron chi connectivity index (χ0n) is 11.8. The van der Waals surface area contributed by atoms with Crippen LogP contribution in [0.1, 0.15) is 5.56 Å². The predicted molar refractivity (Wildman–Crippen MR) is 87.3 cm³/mol. The molecule has 0 bridgehead atoms. The lowest BCUT2D eigenvalue weighted by Crippen LogP contribution is -2.28. The second-order valence-electron chi connectivity index (χ2n) is 4.35. The Morgan fingerprint density at radius 2 is 2.18 bits per heavy atom. The molecule has 2 rings (SSSR count). The molecule has 5 nitrogen and oxygen atoms in total. The fraction of sp³-hybridized carbons (Fsp3) is 0.200. The van der Waals surface area contributed by atoms with Gasteiger partial charge in [0.2, 0.25) is 5.88 Å². The van der Waals surface area contributed by atoms with E-state index in [1.165, 1.54) is 0 Å². The van der Waals surface area contributed by atoms with Gasteiger partial charge in [-0.1, -0.05) is 11.6 Å². The van der Waals surface area contributed by atoms with Gasteiger partial charge in [0.05, 0.1) is 11.6 Å². The monoisotopic (exact) mass is 384 g/mol. The Kier molecular flexibility index (Phi) is 6.03. The molecule has 7 heteroatoms. The molecule has 1 amide bonds. The van der Waals surface area contributed by atoms with Crippen LogP contribution in [0.3, 0.4) is 0 Å². The van der Waals surface area contributed by atoms with Crippen LogP contribution in [0.25, 0.3) is 0 Å². The summed E-state index contributed by atoms with van der Waals surface area (Å²) in [5, 5.41) is 3.36. The summed E-state index contributed by atoms with van der Waals surface area (Å²) in [6.45, 7) is 0.297. The molecule has 1 aromatic heterocycles. The van der Waals surface area contributed by atoms with Gasteiger partial charge in [0, 0.05) is 23.8 Å². The SMILES string of the molecule is COc1cc(CNC(=O)COc2ccc(Cl)cc2Br)ccn1. The standard InChI is InChI=1S/C15H14BrClN2O3/c1-21-15-6-10(4-5-18-15)8-19-14(20)9-22-13-3-2-11(17)7-12(13)16/h2-7H,8-9H2,1H3,(H,19,20). The van der Waals surface area contributed by atoms with Crippen molar-refractivity contribution in [3.8, 4) is 11.6 Å². The molecule has 0 fully saturated rings. The number of methoxy groups -OCH3 is 1. The summed E-state index contributed by atoms with van der Waals surface area (Å²) in [5.41, 5.74) is 0.896. The zero-order chi connectivity index (χ0) is 15.9. The topological polar surface area (TPSA) is 60.5 Å². The number of amides is 1. The lowest BCUT2D eigenvalue weighted by Gasteiger charge is -2.09. The van der Waals surface area contributed by atoms with Gasteiger partial charge >= 0.3 is 0 Å². The maximum atomic E-state index is 11.8. The molecule has 0 saturated carbocycles. The Morgan fingerprint density at radius 1 is 1.36 bits per heavy atom. The summed E-state index contributed by atoms with van der Waals surface area (Å²) in [5.74, 6) is 0.843. The van der Waals surface area contributed by atoms with Crippen LogP contribution in [-0.4, -0.2) is 24.6 Å². The summed E-state index contributed by atoms with van der Waals surface area (Å²) >= 11 is 9.17. The van der Waals surface area contributed by atoms with E-state index in [9.17, 15) is 4.79 Å². The molecule has 0 unspecified atom stereocenters. The number of carbonyl (C=O) groups excluding carboxylic acids is 1. The molecule has 0 aliphatic rings. The minimum absolute atomic E-state index is 0.0809. The van der Waals surface area contributed by atoms with Gasteiger partial charge in [-0.2, -0.15) is 0 Å². The average Bonchev–Trinajstić information content (AvgIpc) is 2.52. The Labute approximate surface area is 141 Å².